The highest BCUT2D eigenvalue weighted by Crippen LogP contribution is 2.39. The maximum Gasteiger partial charge on any atom is 0.327 e. The molecule has 1 aliphatic carbocycles. The number of aromatic nitrogens is 1. The Bertz CT molecular complexity index is 970. The zero-order valence-corrected chi connectivity index (χ0v) is 16.8. The Morgan fingerprint density at radius 1 is 1.28 bits per heavy atom. The standard InChI is InChI=1S/C20H21FN4O3S/c1-24-19(28)25(17(27)20(24)8-3-2-4-9-20)11-16(26)23-18-22-15(12-29-18)13-6-5-7-14(21)10-13/h5-7,10,12H,2-4,8-9,11H2,1H3,(H,22,23,26). The van der Waals surface area contributed by atoms with Gasteiger partial charge in [0.1, 0.15) is 17.9 Å². The van der Waals surface area contributed by atoms with Crippen molar-refractivity contribution >= 4 is 34.3 Å². The number of urea groups is 1. The fourth-order valence-corrected chi connectivity index (χ4v) is 4.82. The van der Waals surface area contributed by atoms with Gasteiger partial charge >= 0.3 is 6.03 Å². The topological polar surface area (TPSA) is 82.6 Å². The van der Waals surface area contributed by atoms with Gasteiger partial charge in [-0.2, -0.15) is 0 Å². The molecule has 0 bridgehead atoms. The van der Waals surface area contributed by atoms with E-state index in [-0.39, 0.29) is 18.3 Å². The number of nitrogens with zero attached hydrogens (tertiary/aromatic N) is 3. The predicted molar refractivity (Wildman–Crippen MR) is 107 cm³/mol. The van der Waals surface area contributed by atoms with E-state index in [0.29, 0.717) is 29.2 Å². The summed E-state index contributed by atoms with van der Waals surface area (Å²) in [5.41, 5.74) is 0.341. The number of carbonyl (C=O) groups is 3. The lowest BCUT2D eigenvalue weighted by atomic mass is 9.81. The molecule has 1 aromatic carbocycles. The lowest BCUT2D eigenvalue weighted by Gasteiger charge is -2.35. The van der Waals surface area contributed by atoms with Crippen molar-refractivity contribution in [2.24, 2.45) is 0 Å². The Hall–Kier alpha value is -2.81. The van der Waals surface area contributed by atoms with Gasteiger partial charge < -0.3 is 10.2 Å². The zero-order chi connectivity index (χ0) is 20.6. The fraction of sp³-hybridized carbons (Fsp3) is 0.400. The van der Waals surface area contributed by atoms with E-state index in [9.17, 15) is 18.8 Å². The van der Waals surface area contributed by atoms with Crippen LogP contribution in [0.5, 0.6) is 0 Å². The first-order chi connectivity index (χ1) is 13.9. The molecule has 4 amide bonds. The summed E-state index contributed by atoms with van der Waals surface area (Å²) in [5, 5.41) is 4.67. The van der Waals surface area contributed by atoms with Gasteiger partial charge in [0.25, 0.3) is 5.91 Å². The van der Waals surface area contributed by atoms with E-state index in [4.69, 9.17) is 0 Å². The smallest absolute Gasteiger partial charge is 0.313 e. The third kappa shape index (κ3) is 3.50. The van der Waals surface area contributed by atoms with Crippen molar-refractivity contribution in [3.8, 4) is 11.3 Å². The van der Waals surface area contributed by atoms with Crippen LogP contribution in [0, 0.1) is 5.82 Å². The van der Waals surface area contributed by atoms with E-state index in [1.165, 1.54) is 28.4 Å². The number of rotatable bonds is 4. The van der Waals surface area contributed by atoms with Crippen molar-refractivity contribution < 1.29 is 18.8 Å². The number of likely N-dealkylation sites (N-methyl/N-ethyl adjacent to an activating group) is 1. The van der Waals surface area contributed by atoms with Crippen molar-refractivity contribution in [3.05, 3.63) is 35.5 Å². The molecular formula is C20H21FN4O3S. The minimum atomic E-state index is -0.804. The van der Waals surface area contributed by atoms with Crippen LogP contribution in [0.4, 0.5) is 14.3 Å². The van der Waals surface area contributed by atoms with Gasteiger partial charge in [0.15, 0.2) is 5.13 Å². The van der Waals surface area contributed by atoms with Crippen molar-refractivity contribution in [1.82, 2.24) is 14.8 Å². The van der Waals surface area contributed by atoms with Crippen molar-refractivity contribution in [3.63, 3.8) is 0 Å². The van der Waals surface area contributed by atoms with Crippen LogP contribution in [0.3, 0.4) is 0 Å². The van der Waals surface area contributed by atoms with Crippen LogP contribution in [0.15, 0.2) is 29.6 Å². The molecule has 29 heavy (non-hydrogen) atoms. The number of amides is 4. The van der Waals surface area contributed by atoms with Crippen LogP contribution in [0.1, 0.15) is 32.1 Å². The van der Waals surface area contributed by atoms with Crippen molar-refractivity contribution in [1.29, 1.82) is 0 Å². The molecule has 2 fully saturated rings. The van der Waals surface area contributed by atoms with E-state index < -0.39 is 17.5 Å². The van der Waals surface area contributed by atoms with Crippen molar-refractivity contribution in [2.45, 2.75) is 37.6 Å². The summed E-state index contributed by atoms with van der Waals surface area (Å²) >= 11 is 1.20. The van der Waals surface area contributed by atoms with E-state index in [1.54, 1.807) is 24.6 Å². The molecule has 2 heterocycles. The first-order valence-corrected chi connectivity index (χ1v) is 10.4. The summed E-state index contributed by atoms with van der Waals surface area (Å²) < 4.78 is 13.4. The SMILES string of the molecule is CN1C(=O)N(CC(=O)Nc2nc(-c3cccc(F)c3)cs2)C(=O)C12CCCCC2. The average molecular weight is 416 g/mol. The molecule has 152 valence electrons. The van der Waals surface area contributed by atoms with Crippen LogP contribution in [0.25, 0.3) is 11.3 Å². The summed E-state index contributed by atoms with van der Waals surface area (Å²) in [5.74, 6) is -1.15. The Balaban J connectivity index is 1.44. The lowest BCUT2D eigenvalue weighted by molar-refractivity contribution is -0.136. The minimum Gasteiger partial charge on any atom is -0.313 e. The summed E-state index contributed by atoms with van der Waals surface area (Å²) in [6.07, 6.45) is 4.11. The molecule has 1 saturated carbocycles. The number of nitrogens with one attached hydrogen (secondary N) is 1. The zero-order valence-electron chi connectivity index (χ0n) is 16.0. The molecule has 1 spiro atoms. The number of imide groups is 1. The molecule has 2 aliphatic rings. The molecule has 0 unspecified atom stereocenters. The number of thiazole rings is 1. The summed E-state index contributed by atoms with van der Waals surface area (Å²) in [7, 11) is 1.63. The summed E-state index contributed by atoms with van der Waals surface area (Å²) in [6, 6.07) is 5.59. The Morgan fingerprint density at radius 3 is 2.76 bits per heavy atom. The molecule has 0 radical (unpaired) electrons. The van der Waals surface area contributed by atoms with Gasteiger partial charge in [0.05, 0.1) is 5.69 Å². The van der Waals surface area contributed by atoms with Crippen molar-refractivity contribution in [2.75, 3.05) is 18.9 Å². The van der Waals surface area contributed by atoms with E-state index in [2.05, 4.69) is 10.3 Å². The fourth-order valence-electron chi connectivity index (χ4n) is 4.09. The number of hydrogen-bond donors (Lipinski definition) is 1. The van der Waals surface area contributed by atoms with Gasteiger partial charge in [-0.05, 0) is 25.0 Å². The second-order valence-corrected chi connectivity index (χ2v) is 8.28. The number of carbonyl (C=O) groups excluding carboxylic acids is 3. The number of benzene rings is 1. The van der Waals surface area contributed by atoms with Crippen LogP contribution in [-0.2, 0) is 9.59 Å². The van der Waals surface area contributed by atoms with Gasteiger partial charge in [-0.1, -0.05) is 31.4 Å². The highest BCUT2D eigenvalue weighted by atomic mass is 32.1. The first kappa shape index (κ1) is 19.5. The van der Waals surface area contributed by atoms with E-state index >= 15 is 0 Å². The molecule has 0 atom stereocenters. The van der Waals surface area contributed by atoms with Crippen LogP contribution >= 0.6 is 11.3 Å². The second kappa shape index (κ2) is 7.55. The molecule has 9 heteroatoms. The Kier molecular flexibility index (Phi) is 5.08. The summed E-state index contributed by atoms with van der Waals surface area (Å²) in [4.78, 5) is 44.8. The minimum absolute atomic E-state index is 0.292. The number of halogens is 1. The molecular weight excluding hydrogens is 395 g/mol. The van der Waals surface area contributed by atoms with Gasteiger partial charge in [-0.25, -0.2) is 14.2 Å². The second-order valence-electron chi connectivity index (χ2n) is 7.42. The predicted octanol–water partition coefficient (Wildman–Crippen LogP) is 3.48. The maximum absolute atomic E-state index is 13.4. The summed E-state index contributed by atoms with van der Waals surface area (Å²) in [6.45, 7) is -0.349. The Labute approximate surface area is 171 Å². The maximum atomic E-state index is 13.4. The number of hydrogen-bond acceptors (Lipinski definition) is 5. The lowest BCUT2D eigenvalue weighted by Crippen LogP contribution is -2.49. The largest absolute Gasteiger partial charge is 0.327 e. The number of anilines is 1. The Morgan fingerprint density at radius 2 is 2.03 bits per heavy atom. The van der Waals surface area contributed by atoms with Gasteiger partial charge in [0.2, 0.25) is 5.91 Å². The van der Waals surface area contributed by atoms with Crippen LogP contribution < -0.4 is 5.32 Å². The highest BCUT2D eigenvalue weighted by Gasteiger charge is 2.55. The molecule has 1 aromatic heterocycles. The molecule has 2 aromatic rings. The quantitative estimate of drug-likeness (QED) is 0.774. The average Bonchev–Trinajstić information content (AvgIpc) is 3.24. The van der Waals surface area contributed by atoms with Gasteiger partial charge in [-0.3, -0.25) is 14.5 Å². The molecule has 1 aliphatic heterocycles. The molecule has 1 saturated heterocycles. The van der Waals surface area contributed by atoms with Gasteiger partial charge in [-0.15, -0.1) is 11.3 Å². The molecule has 4 rings (SSSR count). The monoisotopic (exact) mass is 416 g/mol. The first-order valence-electron chi connectivity index (χ1n) is 9.52. The van der Waals surface area contributed by atoms with E-state index in [1.807, 2.05) is 0 Å². The third-order valence-electron chi connectivity index (χ3n) is 5.66. The third-order valence-corrected chi connectivity index (χ3v) is 6.41. The van der Waals surface area contributed by atoms with Crippen LogP contribution in [0.2, 0.25) is 0 Å². The molecule has 7 nitrogen and oxygen atoms in total. The van der Waals surface area contributed by atoms with Gasteiger partial charge in [0, 0.05) is 18.0 Å². The normalized spacial score (nSPS) is 18.6. The highest BCUT2D eigenvalue weighted by molar-refractivity contribution is 7.14. The van der Waals surface area contributed by atoms with Crippen LogP contribution in [-0.4, -0.2) is 51.8 Å². The molecule has 1 N–H and O–H groups in total. The van der Waals surface area contributed by atoms with E-state index in [0.717, 1.165) is 24.2 Å².